The Bertz CT molecular complexity index is 878. The Morgan fingerprint density at radius 1 is 0.857 bits per heavy atom. The number of allylic oxidation sites excluding steroid dienone is 5. The number of aliphatic hydroxyl groups excluding tert-OH is 1. The van der Waals surface area contributed by atoms with E-state index in [2.05, 4.69) is 0 Å². The van der Waals surface area contributed by atoms with Crippen molar-refractivity contribution in [3.63, 3.8) is 0 Å². The zero-order chi connectivity index (χ0) is 19.8. The number of rotatable bonds is 8. The van der Waals surface area contributed by atoms with Crippen molar-refractivity contribution in [3.8, 4) is 17.2 Å². The summed E-state index contributed by atoms with van der Waals surface area (Å²) >= 11 is 0. The van der Waals surface area contributed by atoms with Crippen molar-refractivity contribution in [1.29, 1.82) is 0 Å². The molecule has 28 heavy (non-hydrogen) atoms. The molecule has 0 heterocycles. The van der Waals surface area contributed by atoms with Crippen molar-refractivity contribution in [3.05, 3.63) is 89.9 Å². The Kier molecular flexibility index (Phi) is 6.36. The van der Waals surface area contributed by atoms with Crippen LogP contribution in [-0.4, -0.2) is 31.4 Å². The molecule has 0 aromatic heterocycles. The van der Waals surface area contributed by atoms with Gasteiger partial charge in [0.05, 0.1) is 18.2 Å². The molecular weight excluding hydrogens is 360 g/mol. The highest BCUT2D eigenvalue weighted by Gasteiger charge is 2.09. The molecule has 0 atom stereocenters. The highest BCUT2D eigenvalue weighted by Crippen LogP contribution is 2.19. The van der Waals surface area contributed by atoms with Gasteiger partial charge in [0.1, 0.15) is 30.5 Å². The van der Waals surface area contributed by atoms with Gasteiger partial charge in [0.15, 0.2) is 0 Å². The van der Waals surface area contributed by atoms with Crippen LogP contribution in [0.5, 0.6) is 17.2 Å². The van der Waals surface area contributed by atoms with Gasteiger partial charge in [-0.1, -0.05) is 12.2 Å². The van der Waals surface area contributed by atoms with E-state index in [-0.39, 0.29) is 19.2 Å². The highest BCUT2D eigenvalue weighted by molar-refractivity contribution is 5.91. The predicted molar refractivity (Wildman–Crippen MR) is 104 cm³/mol. The second kappa shape index (κ2) is 9.32. The van der Waals surface area contributed by atoms with Crippen LogP contribution in [0.1, 0.15) is 10.4 Å². The summed E-state index contributed by atoms with van der Waals surface area (Å²) in [5.41, 5.74) is 1.03. The molecule has 2 aromatic rings. The summed E-state index contributed by atoms with van der Waals surface area (Å²) in [6.45, 7) is 0.443. The first-order chi connectivity index (χ1) is 13.7. The molecule has 0 saturated carbocycles. The third-order valence-electron chi connectivity index (χ3n) is 3.86. The lowest BCUT2D eigenvalue weighted by Crippen LogP contribution is -2.09. The lowest BCUT2D eigenvalue weighted by atomic mass is 10.2. The van der Waals surface area contributed by atoms with Gasteiger partial charge in [-0.25, -0.2) is 4.79 Å². The van der Waals surface area contributed by atoms with Gasteiger partial charge < -0.3 is 24.1 Å². The average Bonchev–Trinajstić information content (AvgIpc) is 3.27. The minimum Gasteiger partial charge on any atom is -0.497 e. The molecule has 2 aromatic carbocycles. The van der Waals surface area contributed by atoms with Crippen molar-refractivity contribution in [2.45, 2.75) is 0 Å². The van der Waals surface area contributed by atoms with Crippen LogP contribution in [0.2, 0.25) is 0 Å². The number of aliphatic hydroxyl groups is 1. The van der Waals surface area contributed by atoms with Crippen molar-refractivity contribution >= 4 is 5.97 Å². The van der Waals surface area contributed by atoms with E-state index in [1.807, 2.05) is 12.2 Å². The molecule has 0 fully saturated rings. The van der Waals surface area contributed by atoms with Crippen molar-refractivity contribution in [2.24, 2.45) is 0 Å². The lowest BCUT2D eigenvalue weighted by molar-refractivity contribution is 0.0698. The Morgan fingerprint density at radius 2 is 1.46 bits per heavy atom. The molecule has 0 unspecified atom stereocenters. The molecule has 1 N–H and O–H groups in total. The van der Waals surface area contributed by atoms with E-state index in [0.717, 1.165) is 0 Å². The molecule has 0 bridgehead atoms. The van der Waals surface area contributed by atoms with Gasteiger partial charge in [0.25, 0.3) is 5.95 Å². The Labute approximate surface area is 162 Å². The zero-order valence-electron chi connectivity index (χ0n) is 15.3. The minimum absolute atomic E-state index is 0.134. The van der Waals surface area contributed by atoms with Gasteiger partial charge >= 0.3 is 5.97 Å². The number of benzene rings is 2. The summed E-state index contributed by atoms with van der Waals surface area (Å²) in [5.74, 6) is 1.10. The van der Waals surface area contributed by atoms with Crippen molar-refractivity contribution in [2.75, 3.05) is 20.3 Å². The number of hydrogen-bond donors (Lipinski definition) is 1. The number of methoxy groups -OCH3 is 1. The van der Waals surface area contributed by atoms with Gasteiger partial charge in [-0.15, -0.1) is 0 Å². The fourth-order valence-electron chi connectivity index (χ4n) is 2.39. The fraction of sp³-hybridized carbons (Fsp3) is 0.136. The van der Waals surface area contributed by atoms with Crippen molar-refractivity contribution in [1.82, 2.24) is 0 Å². The molecular formula is C22H20O6. The first-order valence-electron chi connectivity index (χ1n) is 8.65. The summed E-state index contributed by atoms with van der Waals surface area (Å²) in [5, 5.41) is 9.73. The second-order valence-corrected chi connectivity index (χ2v) is 5.77. The molecule has 0 amide bonds. The Balaban J connectivity index is 1.46. The van der Waals surface area contributed by atoms with Crippen LogP contribution in [-0.2, 0) is 4.74 Å². The number of esters is 1. The third kappa shape index (κ3) is 5.17. The molecule has 1 aliphatic rings. The van der Waals surface area contributed by atoms with Crippen LogP contribution in [0, 0.1) is 0 Å². The van der Waals surface area contributed by atoms with Gasteiger partial charge in [-0.3, -0.25) is 0 Å². The van der Waals surface area contributed by atoms with E-state index in [1.165, 1.54) is 0 Å². The quantitative estimate of drug-likeness (QED) is 0.320. The number of hydrogen-bond acceptors (Lipinski definition) is 6. The maximum absolute atomic E-state index is 12.2. The van der Waals surface area contributed by atoms with Crippen LogP contribution >= 0.6 is 0 Å². The maximum Gasteiger partial charge on any atom is 0.343 e. The largest absolute Gasteiger partial charge is 0.497 e. The van der Waals surface area contributed by atoms with Gasteiger partial charge in [-0.2, -0.15) is 0 Å². The third-order valence-corrected chi connectivity index (χ3v) is 3.86. The topological polar surface area (TPSA) is 74.2 Å². The monoisotopic (exact) mass is 380 g/mol. The van der Waals surface area contributed by atoms with Crippen LogP contribution in [0.15, 0.2) is 84.4 Å². The van der Waals surface area contributed by atoms with Crippen LogP contribution in [0.3, 0.4) is 0 Å². The average molecular weight is 380 g/mol. The normalized spacial score (nSPS) is 12.0. The van der Waals surface area contributed by atoms with E-state index >= 15 is 0 Å². The fourth-order valence-corrected chi connectivity index (χ4v) is 2.39. The molecule has 1 aliphatic carbocycles. The highest BCUT2D eigenvalue weighted by atomic mass is 16.6. The van der Waals surface area contributed by atoms with Crippen molar-refractivity contribution < 1.29 is 28.8 Å². The number of carbonyl (C=O) groups excluding carboxylic acids is 1. The molecule has 144 valence electrons. The molecule has 0 spiro atoms. The summed E-state index contributed by atoms with van der Waals surface area (Å²) in [7, 11) is 1.57. The van der Waals surface area contributed by atoms with E-state index in [1.54, 1.807) is 67.8 Å². The van der Waals surface area contributed by atoms with E-state index in [4.69, 9.17) is 18.9 Å². The number of ether oxygens (including phenoxy) is 4. The summed E-state index contributed by atoms with van der Waals surface area (Å²) in [4.78, 5) is 12.2. The maximum atomic E-state index is 12.2. The number of carbonyl (C=O) groups is 1. The van der Waals surface area contributed by atoms with Crippen LogP contribution in [0.25, 0.3) is 0 Å². The molecule has 0 saturated heterocycles. The van der Waals surface area contributed by atoms with Gasteiger partial charge in [0, 0.05) is 0 Å². The summed E-state index contributed by atoms with van der Waals surface area (Å²) in [6, 6.07) is 13.3. The van der Waals surface area contributed by atoms with Crippen LogP contribution < -0.4 is 14.2 Å². The van der Waals surface area contributed by atoms with Gasteiger partial charge in [0.2, 0.25) is 0 Å². The van der Waals surface area contributed by atoms with Gasteiger partial charge in [-0.05, 0) is 60.7 Å². The van der Waals surface area contributed by atoms with Crippen LogP contribution in [0.4, 0.5) is 0 Å². The Morgan fingerprint density at radius 3 is 2.11 bits per heavy atom. The first kappa shape index (κ1) is 19.1. The molecule has 0 radical (unpaired) electrons. The predicted octanol–water partition coefficient (Wildman–Crippen LogP) is 4.21. The smallest absolute Gasteiger partial charge is 0.343 e. The van der Waals surface area contributed by atoms with E-state index < -0.39 is 5.97 Å². The Hall–Kier alpha value is -3.67. The SMILES string of the molecule is COc1ccc(OC(=O)c2ccc(OCCOC(O)=C3C=CC=C3)cc2)cc1. The first-order valence-corrected chi connectivity index (χ1v) is 8.65. The molecule has 6 nitrogen and oxygen atoms in total. The molecule has 6 heteroatoms. The summed E-state index contributed by atoms with van der Waals surface area (Å²) < 4.78 is 21.1. The summed E-state index contributed by atoms with van der Waals surface area (Å²) in [6.07, 6.45) is 7.12. The van der Waals surface area contributed by atoms with E-state index in [0.29, 0.717) is 28.4 Å². The van der Waals surface area contributed by atoms with E-state index in [9.17, 15) is 9.90 Å². The minimum atomic E-state index is -0.464. The second-order valence-electron chi connectivity index (χ2n) is 5.77. The zero-order valence-corrected chi connectivity index (χ0v) is 15.3. The molecule has 0 aliphatic heterocycles. The lowest BCUT2D eigenvalue weighted by Gasteiger charge is -2.09. The molecule has 3 rings (SSSR count). The standard InChI is InChI=1S/C22H20O6/c1-25-18-10-12-20(13-11-18)28-22(24)17-6-8-19(9-7-17)26-14-15-27-21(23)16-4-2-3-5-16/h2-13,23H,14-15H2,1H3.